The van der Waals surface area contributed by atoms with Crippen LogP contribution in [0.15, 0.2) is 31.0 Å². The van der Waals surface area contributed by atoms with Gasteiger partial charge in [-0.3, -0.25) is 14.5 Å². The van der Waals surface area contributed by atoms with Crippen LogP contribution in [0.1, 0.15) is 32.6 Å². The van der Waals surface area contributed by atoms with Gasteiger partial charge in [0.25, 0.3) is 5.91 Å². The molecule has 4 amide bonds. The maximum absolute atomic E-state index is 12.9. The molecule has 2 aliphatic rings. The summed E-state index contributed by atoms with van der Waals surface area (Å²) in [6.45, 7) is 1.65. The summed E-state index contributed by atoms with van der Waals surface area (Å²) in [5.74, 6) is -0.157. The SMILES string of the molecule is C[C@@H]1CCCC[C@]12NC(=O)N(CC(=O)Nc1ccc(-n3cncn3)nc1)C2=O. The zero-order valence-electron chi connectivity index (χ0n) is 15.5. The molecule has 0 aromatic carbocycles. The molecule has 0 bridgehead atoms. The molecule has 146 valence electrons. The molecule has 4 rings (SSSR count). The van der Waals surface area contributed by atoms with Gasteiger partial charge in [-0.15, -0.1) is 0 Å². The normalized spacial score (nSPS) is 24.5. The number of nitrogens with one attached hydrogen (secondary N) is 2. The Morgan fingerprint density at radius 1 is 1.36 bits per heavy atom. The summed E-state index contributed by atoms with van der Waals surface area (Å²) in [7, 11) is 0. The number of carbonyl (C=O) groups excluding carboxylic acids is 3. The molecule has 1 aliphatic heterocycles. The third-order valence-electron chi connectivity index (χ3n) is 5.49. The monoisotopic (exact) mass is 383 g/mol. The lowest BCUT2D eigenvalue weighted by Gasteiger charge is -2.36. The molecule has 10 nitrogen and oxygen atoms in total. The summed E-state index contributed by atoms with van der Waals surface area (Å²) in [5.41, 5.74) is -0.405. The predicted molar refractivity (Wildman–Crippen MR) is 98.4 cm³/mol. The molecule has 2 atom stereocenters. The average molecular weight is 383 g/mol. The van der Waals surface area contributed by atoms with Crippen molar-refractivity contribution in [2.75, 3.05) is 11.9 Å². The van der Waals surface area contributed by atoms with Gasteiger partial charge in [0.2, 0.25) is 5.91 Å². The fourth-order valence-electron chi connectivity index (χ4n) is 3.91. The van der Waals surface area contributed by atoms with Crippen molar-refractivity contribution in [3.05, 3.63) is 31.0 Å². The van der Waals surface area contributed by atoms with Crippen LogP contribution in [0, 0.1) is 5.92 Å². The van der Waals surface area contributed by atoms with Crippen molar-refractivity contribution in [1.82, 2.24) is 30.0 Å². The van der Waals surface area contributed by atoms with E-state index >= 15 is 0 Å². The number of hydrogen-bond donors (Lipinski definition) is 2. The summed E-state index contributed by atoms with van der Waals surface area (Å²) in [6.07, 6.45) is 7.83. The third kappa shape index (κ3) is 3.10. The van der Waals surface area contributed by atoms with Gasteiger partial charge in [0.1, 0.15) is 24.7 Å². The number of urea groups is 1. The smallest absolute Gasteiger partial charge is 0.323 e. The molecule has 0 unspecified atom stereocenters. The van der Waals surface area contributed by atoms with Crippen molar-refractivity contribution in [3.8, 4) is 5.82 Å². The van der Waals surface area contributed by atoms with Gasteiger partial charge < -0.3 is 10.6 Å². The summed E-state index contributed by atoms with van der Waals surface area (Å²) < 4.78 is 1.49. The zero-order chi connectivity index (χ0) is 19.7. The lowest BCUT2D eigenvalue weighted by Crippen LogP contribution is -2.54. The fourth-order valence-corrected chi connectivity index (χ4v) is 3.91. The Hall–Kier alpha value is -3.30. The van der Waals surface area contributed by atoms with E-state index < -0.39 is 17.5 Å². The molecular weight excluding hydrogens is 362 g/mol. The predicted octanol–water partition coefficient (Wildman–Crippen LogP) is 1.10. The number of anilines is 1. The van der Waals surface area contributed by atoms with Gasteiger partial charge in [-0.25, -0.2) is 19.4 Å². The van der Waals surface area contributed by atoms with Crippen molar-refractivity contribution in [2.45, 2.75) is 38.1 Å². The number of amides is 4. The molecule has 28 heavy (non-hydrogen) atoms. The van der Waals surface area contributed by atoms with Crippen molar-refractivity contribution in [3.63, 3.8) is 0 Å². The summed E-state index contributed by atoms with van der Waals surface area (Å²) in [4.78, 5) is 46.7. The molecule has 2 N–H and O–H groups in total. The lowest BCUT2D eigenvalue weighted by atomic mass is 9.73. The highest BCUT2D eigenvalue weighted by atomic mass is 16.2. The van der Waals surface area contributed by atoms with Gasteiger partial charge in [0, 0.05) is 0 Å². The Kier molecular flexibility index (Phi) is 4.54. The van der Waals surface area contributed by atoms with Gasteiger partial charge >= 0.3 is 6.03 Å². The summed E-state index contributed by atoms with van der Waals surface area (Å²) >= 11 is 0. The van der Waals surface area contributed by atoms with Crippen LogP contribution >= 0.6 is 0 Å². The topological polar surface area (TPSA) is 122 Å². The fraction of sp³-hybridized carbons (Fsp3) is 0.444. The summed E-state index contributed by atoms with van der Waals surface area (Å²) in [5, 5.41) is 9.48. The molecule has 3 heterocycles. The number of imide groups is 1. The molecule has 1 saturated heterocycles. The van der Waals surface area contributed by atoms with E-state index in [0.29, 0.717) is 17.9 Å². The van der Waals surface area contributed by atoms with Crippen molar-refractivity contribution in [2.24, 2.45) is 5.92 Å². The van der Waals surface area contributed by atoms with Crippen LogP contribution < -0.4 is 10.6 Å². The van der Waals surface area contributed by atoms with E-state index in [4.69, 9.17) is 0 Å². The number of hydrogen-bond acceptors (Lipinski definition) is 6. The van der Waals surface area contributed by atoms with Crippen LogP contribution in [0.2, 0.25) is 0 Å². The number of aromatic nitrogens is 4. The Morgan fingerprint density at radius 3 is 2.89 bits per heavy atom. The molecule has 2 aromatic heterocycles. The largest absolute Gasteiger partial charge is 0.325 e. The highest BCUT2D eigenvalue weighted by Gasteiger charge is 2.55. The second kappa shape index (κ2) is 7.02. The van der Waals surface area contributed by atoms with Gasteiger partial charge in [-0.1, -0.05) is 19.8 Å². The van der Waals surface area contributed by atoms with Crippen molar-refractivity contribution < 1.29 is 14.4 Å². The zero-order valence-corrected chi connectivity index (χ0v) is 15.5. The van der Waals surface area contributed by atoms with E-state index in [2.05, 4.69) is 25.7 Å². The number of rotatable bonds is 4. The van der Waals surface area contributed by atoms with E-state index in [1.807, 2.05) is 6.92 Å². The Balaban J connectivity index is 1.41. The van der Waals surface area contributed by atoms with Crippen LogP contribution in [0.5, 0.6) is 0 Å². The Morgan fingerprint density at radius 2 is 2.21 bits per heavy atom. The second-order valence-electron chi connectivity index (χ2n) is 7.23. The van der Waals surface area contributed by atoms with Gasteiger partial charge in [0.15, 0.2) is 5.82 Å². The van der Waals surface area contributed by atoms with Crippen LogP contribution in [0.3, 0.4) is 0 Å². The Bertz CT molecular complexity index is 896. The molecule has 0 radical (unpaired) electrons. The Labute approximate surface area is 161 Å². The quantitative estimate of drug-likeness (QED) is 0.763. The summed E-state index contributed by atoms with van der Waals surface area (Å²) in [6, 6.07) is 2.84. The maximum atomic E-state index is 12.9. The molecule has 2 aromatic rings. The van der Waals surface area contributed by atoms with E-state index in [9.17, 15) is 14.4 Å². The van der Waals surface area contributed by atoms with E-state index in [-0.39, 0.29) is 18.4 Å². The van der Waals surface area contributed by atoms with Crippen LogP contribution in [-0.2, 0) is 9.59 Å². The molecule has 1 aliphatic carbocycles. The first-order chi connectivity index (χ1) is 13.5. The average Bonchev–Trinajstić information content (AvgIpc) is 3.29. The number of nitrogens with zero attached hydrogens (tertiary/aromatic N) is 5. The minimum Gasteiger partial charge on any atom is -0.323 e. The molecule has 2 fully saturated rings. The van der Waals surface area contributed by atoms with Crippen molar-refractivity contribution in [1.29, 1.82) is 0 Å². The highest BCUT2D eigenvalue weighted by Crippen LogP contribution is 2.38. The standard InChI is InChI=1S/C18H21N7O3/c1-12-4-2-3-7-18(12)16(27)24(17(28)23-18)9-15(26)22-13-5-6-14(20-8-13)25-11-19-10-21-25/h5-6,8,10-12H,2-4,7,9H2,1H3,(H,22,26)(H,23,28)/t12-,18+/m1/s1. The minimum atomic E-state index is -0.864. The van der Waals surface area contributed by atoms with Crippen LogP contribution in [0.25, 0.3) is 5.82 Å². The third-order valence-corrected chi connectivity index (χ3v) is 5.49. The van der Waals surface area contributed by atoms with E-state index in [0.717, 1.165) is 24.2 Å². The highest BCUT2D eigenvalue weighted by molar-refractivity contribution is 6.10. The number of carbonyl (C=O) groups is 3. The van der Waals surface area contributed by atoms with E-state index in [1.165, 1.54) is 23.5 Å². The van der Waals surface area contributed by atoms with Gasteiger partial charge in [-0.05, 0) is 30.9 Å². The molecule has 1 saturated carbocycles. The molecule has 1 spiro atoms. The first kappa shape index (κ1) is 18.1. The maximum Gasteiger partial charge on any atom is 0.325 e. The van der Waals surface area contributed by atoms with Crippen molar-refractivity contribution >= 4 is 23.5 Å². The first-order valence-electron chi connectivity index (χ1n) is 9.24. The second-order valence-corrected chi connectivity index (χ2v) is 7.23. The molecular formula is C18H21N7O3. The van der Waals surface area contributed by atoms with Gasteiger partial charge in [0.05, 0.1) is 11.9 Å². The van der Waals surface area contributed by atoms with E-state index in [1.54, 1.807) is 12.1 Å². The van der Waals surface area contributed by atoms with Crippen LogP contribution in [-0.4, -0.2) is 54.6 Å². The minimum absolute atomic E-state index is 0.0549. The number of pyridine rings is 1. The van der Waals surface area contributed by atoms with Crippen LogP contribution in [0.4, 0.5) is 10.5 Å². The lowest BCUT2D eigenvalue weighted by molar-refractivity contribution is -0.136. The van der Waals surface area contributed by atoms with Gasteiger partial charge in [-0.2, -0.15) is 5.10 Å². The molecule has 10 heteroatoms. The first-order valence-corrected chi connectivity index (χ1v) is 9.24.